The van der Waals surface area contributed by atoms with Crippen LogP contribution in [0.25, 0.3) is 16.7 Å². The number of benzene rings is 1. The summed E-state index contributed by atoms with van der Waals surface area (Å²) in [7, 11) is 0. The van der Waals surface area contributed by atoms with Gasteiger partial charge >= 0.3 is 5.97 Å². The number of oxazole rings is 1. The fourth-order valence-corrected chi connectivity index (χ4v) is 1.69. The molecular weight excluding hydrogens is 268 g/mol. The third-order valence-electron chi connectivity index (χ3n) is 2.67. The molecule has 1 heterocycles. The summed E-state index contributed by atoms with van der Waals surface area (Å²) in [4.78, 5) is 16.4. The van der Waals surface area contributed by atoms with E-state index in [1.807, 2.05) is 45.0 Å². The maximum Gasteiger partial charge on any atom is 0.345 e. The maximum absolute atomic E-state index is 12.1. The van der Waals surface area contributed by atoms with Crippen molar-refractivity contribution >= 4 is 22.6 Å². The molecule has 0 aliphatic heterocycles. The monoisotopic (exact) mass is 288 g/mol. The lowest BCUT2D eigenvalue weighted by Crippen LogP contribution is -2.32. The van der Waals surface area contributed by atoms with Crippen LogP contribution in [0.15, 0.2) is 34.9 Å². The van der Waals surface area contributed by atoms with Crippen LogP contribution in [0.5, 0.6) is 0 Å². The van der Waals surface area contributed by atoms with E-state index >= 15 is 0 Å². The van der Waals surface area contributed by atoms with Gasteiger partial charge in [0.25, 0.3) is 0 Å². The second-order valence-corrected chi connectivity index (χ2v) is 5.66. The first-order valence-corrected chi connectivity index (χ1v) is 6.91. The van der Waals surface area contributed by atoms with Gasteiger partial charge in [-0.15, -0.1) is 0 Å². The molecule has 0 unspecified atom stereocenters. The zero-order chi connectivity index (χ0) is 15.5. The molecule has 2 aromatic rings. The lowest BCUT2D eigenvalue weighted by Gasteiger charge is -2.19. The molecule has 0 aliphatic carbocycles. The quantitative estimate of drug-likeness (QED) is 0.691. The van der Waals surface area contributed by atoms with Crippen LogP contribution in [-0.2, 0) is 9.53 Å². The van der Waals surface area contributed by atoms with Gasteiger partial charge in [0.05, 0.1) is 6.61 Å². The highest BCUT2D eigenvalue weighted by Gasteiger charge is 2.20. The van der Waals surface area contributed by atoms with Crippen molar-refractivity contribution in [1.82, 2.24) is 10.3 Å². The normalized spacial score (nSPS) is 12.5. The molecule has 112 valence electrons. The van der Waals surface area contributed by atoms with E-state index in [2.05, 4.69) is 10.3 Å². The third kappa shape index (κ3) is 3.84. The third-order valence-corrected chi connectivity index (χ3v) is 2.67. The van der Waals surface area contributed by atoms with Gasteiger partial charge in [0.15, 0.2) is 5.58 Å². The van der Waals surface area contributed by atoms with E-state index in [1.54, 1.807) is 13.1 Å². The minimum Gasteiger partial charge on any atom is -0.462 e. The smallest absolute Gasteiger partial charge is 0.345 e. The van der Waals surface area contributed by atoms with E-state index in [0.717, 1.165) is 0 Å². The van der Waals surface area contributed by atoms with E-state index < -0.39 is 5.97 Å². The first-order chi connectivity index (χ1) is 9.90. The van der Waals surface area contributed by atoms with Crippen molar-refractivity contribution in [3.05, 3.63) is 36.4 Å². The number of nitrogens with zero attached hydrogens (tertiary/aromatic N) is 1. The Labute approximate surface area is 124 Å². The SMILES string of the molecule is CCOC(=O)C(=CNC(C)(C)C)c1nc2ccccc2o1. The zero-order valence-corrected chi connectivity index (χ0v) is 12.8. The molecule has 0 saturated heterocycles. The second kappa shape index (κ2) is 5.99. The molecule has 5 heteroatoms. The minimum absolute atomic E-state index is 0.177. The van der Waals surface area contributed by atoms with Crippen LogP contribution in [-0.4, -0.2) is 23.1 Å². The summed E-state index contributed by atoms with van der Waals surface area (Å²) in [5.41, 5.74) is 1.45. The van der Waals surface area contributed by atoms with Gasteiger partial charge in [0, 0.05) is 11.7 Å². The summed E-state index contributed by atoms with van der Waals surface area (Å²) < 4.78 is 10.7. The molecule has 0 fully saturated rings. The number of carbonyl (C=O) groups excluding carboxylic acids is 1. The largest absolute Gasteiger partial charge is 0.462 e. The van der Waals surface area contributed by atoms with Crippen molar-refractivity contribution in [2.75, 3.05) is 6.61 Å². The van der Waals surface area contributed by atoms with E-state index in [1.165, 1.54) is 0 Å². The average Bonchev–Trinajstić information content (AvgIpc) is 2.81. The molecule has 0 aliphatic rings. The predicted molar refractivity (Wildman–Crippen MR) is 81.5 cm³/mol. The summed E-state index contributed by atoms with van der Waals surface area (Å²) in [5, 5.41) is 3.14. The molecule has 0 amide bonds. The molecule has 0 radical (unpaired) electrons. The summed E-state index contributed by atoms with van der Waals surface area (Å²) in [6.07, 6.45) is 1.60. The van der Waals surface area contributed by atoms with Crippen molar-refractivity contribution in [2.24, 2.45) is 0 Å². The number of esters is 1. The van der Waals surface area contributed by atoms with Crippen molar-refractivity contribution in [3.63, 3.8) is 0 Å². The standard InChI is InChI=1S/C16H20N2O3/c1-5-20-15(19)11(10-17-16(2,3)4)14-18-12-8-6-7-9-13(12)21-14/h6-10,17H,5H2,1-4H3. The summed E-state index contributed by atoms with van der Waals surface area (Å²) in [6.45, 7) is 8.06. The Morgan fingerprint density at radius 3 is 2.71 bits per heavy atom. The highest BCUT2D eigenvalue weighted by atomic mass is 16.5. The van der Waals surface area contributed by atoms with Crippen LogP contribution in [0.1, 0.15) is 33.6 Å². The van der Waals surface area contributed by atoms with Crippen molar-refractivity contribution < 1.29 is 13.9 Å². The topological polar surface area (TPSA) is 64.4 Å². The molecule has 2 rings (SSSR count). The van der Waals surface area contributed by atoms with Gasteiger partial charge in [0.1, 0.15) is 11.1 Å². The molecule has 21 heavy (non-hydrogen) atoms. The molecule has 1 aromatic heterocycles. The van der Waals surface area contributed by atoms with Crippen molar-refractivity contribution in [1.29, 1.82) is 0 Å². The predicted octanol–water partition coefficient (Wildman–Crippen LogP) is 3.12. The minimum atomic E-state index is -0.458. The molecule has 0 spiro atoms. The first-order valence-electron chi connectivity index (χ1n) is 6.91. The molecule has 0 bridgehead atoms. The molecule has 1 aromatic carbocycles. The Kier molecular flexibility index (Phi) is 4.31. The van der Waals surface area contributed by atoms with Crippen LogP contribution in [0.2, 0.25) is 0 Å². The van der Waals surface area contributed by atoms with E-state index in [4.69, 9.17) is 9.15 Å². The number of para-hydroxylation sites is 2. The number of rotatable bonds is 4. The molecule has 0 atom stereocenters. The zero-order valence-electron chi connectivity index (χ0n) is 12.8. The number of nitrogens with one attached hydrogen (secondary N) is 1. The Hall–Kier alpha value is -2.30. The first kappa shape index (κ1) is 15.1. The Bertz CT molecular complexity index is 632. The van der Waals surface area contributed by atoms with Crippen molar-refractivity contribution in [3.8, 4) is 0 Å². The lowest BCUT2D eigenvalue weighted by molar-refractivity contribution is -0.136. The van der Waals surface area contributed by atoms with Crippen LogP contribution >= 0.6 is 0 Å². The summed E-state index contributed by atoms with van der Waals surface area (Å²) >= 11 is 0. The van der Waals surface area contributed by atoms with Crippen LogP contribution in [0.3, 0.4) is 0 Å². The molecule has 1 N–H and O–H groups in total. The highest BCUT2D eigenvalue weighted by molar-refractivity contribution is 6.15. The molecular formula is C16H20N2O3. The summed E-state index contributed by atoms with van der Waals surface area (Å²) in [5.74, 6) is -0.202. The van der Waals surface area contributed by atoms with Gasteiger partial charge in [-0.1, -0.05) is 12.1 Å². The van der Waals surface area contributed by atoms with Gasteiger partial charge in [-0.3, -0.25) is 0 Å². The van der Waals surface area contributed by atoms with Gasteiger partial charge in [0.2, 0.25) is 5.89 Å². The second-order valence-electron chi connectivity index (χ2n) is 5.66. The van der Waals surface area contributed by atoms with Crippen molar-refractivity contribution in [2.45, 2.75) is 33.2 Å². The van der Waals surface area contributed by atoms with Gasteiger partial charge < -0.3 is 14.5 Å². The number of hydrogen-bond acceptors (Lipinski definition) is 5. The fraction of sp³-hybridized carbons (Fsp3) is 0.375. The highest BCUT2D eigenvalue weighted by Crippen LogP contribution is 2.21. The number of ether oxygens (including phenoxy) is 1. The average molecular weight is 288 g/mol. The van der Waals surface area contributed by atoms with Gasteiger partial charge in [-0.05, 0) is 39.8 Å². The fourth-order valence-electron chi connectivity index (χ4n) is 1.69. The van der Waals surface area contributed by atoms with Crippen LogP contribution in [0.4, 0.5) is 0 Å². The van der Waals surface area contributed by atoms with Crippen LogP contribution < -0.4 is 5.32 Å². The number of carbonyl (C=O) groups is 1. The van der Waals surface area contributed by atoms with Crippen LogP contribution in [0, 0.1) is 0 Å². The van der Waals surface area contributed by atoms with E-state index in [0.29, 0.717) is 17.7 Å². The number of aromatic nitrogens is 1. The van der Waals surface area contributed by atoms with E-state index in [9.17, 15) is 4.79 Å². The Morgan fingerprint density at radius 2 is 2.10 bits per heavy atom. The molecule has 5 nitrogen and oxygen atoms in total. The Morgan fingerprint density at radius 1 is 1.38 bits per heavy atom. The van der Waals surface area contributed by atoms with Gasteiger partial charge in [-0.25, -0.2) is 9.78 Å². The molecule has 0 saturated carbocycles. The van der Waals surface area contributed by atoms with E-state index in [-0.39, 0.29) is 17.0 Å². The Balaban J connectivity index is 2.40. The lowest BCUT2D eigenvalue weighted by atomic mass is 10.1. The maximum atomic E-state index is 12.1. The summed E-state index contributed by atoms with van der Waals surface area (Å²) in [6, 6.07) is 7.38. The number of fused-ring (bicyclic) bond motifs is 1. The number of hydrogen-bond donors (Lipinski definition) is 1. The van der Waals surface area contributed by atoms with Gasteiger partial charge in [-0.2, -0.15) is 0 Å².